The van der Waals surface area contributed by atoms with Crippen LogP contribution in [0.15, 0.2) is 24.3 Å². The number of rotatable bonds is 5. The fourth-order valence-electron chi connectivity index (χ4n) is 2.31. The molecule has 0 aliphatic carbocycles. The van der Waals surface area contributed by atoms with Gasteiger partial charge in [-0.2, -0.15) is 0 Å². The molecule has 1 fully saturated rings. The van der Waals surface area contributed by atoms with Gasteiger partial charge in [0, 0.05) is 19.5 Å². The number of carbonyl (C=O) groups excluding carboxylic acids is 2. The summed E-state index contributed by atoms with van der Waals surface area (Å²) in [5, 5.41) is 12.0. The fourth-order valence-corrected chi connectivity index (χ4v) is 2.31. The minimum absolute atomic E-state index is 0.152. The molecule has 1 aliphatic rings. The van der Waals surface area contributed by atoms with Gasteiger partial charge in [-0.1, -0.05) is 12.1 Å². The molecular formula is C16H22N2O5. The minimum atomic E-state index is -0.769. The number of urea groups is 1. The predicted molar refractivity (Wildman–Crippen MR) is 83.2 cm³/mol. The van der Waals surface area contributed by atoms with Crippen molar-refractivity contribution in [1.29, 1.82) is 0 Å². The third kappa shape index (κ3) is 5.14. The maximum atomic E-state index is 12.3. The number of nitrogens with one attached hydrogen (secondary N) is 1. The van der Waals surface area contributed by atoms with E-state index >= 15 is 0 Å². The smallest absolute Gasteiger partial charge is 0.329 e. The number of phenolic OH excluding ortho intramolecular Hbond substituents is 1. The van der Waals surface area contributed by atoms with E-state index in [0.29, 0.717) is 32.7 Å². The van der Waals surface area contributed by atoms with Crippen LogP contribution in [-0.2, 0) is 20.7 Å². The SMILES string of the molecule is CCOC(=O)C(Cc1ccc(O)cc1)NC(=O)N1CCOCC1. The number of amides is 2. The van der Waals surface area contributed by atoms with Crippen LogP contribution >= 0.6 is 0 Å². The zero-order valence-corrected chi connectivity index (χ0v) is 13.2. The number of hydrogen-bond acceptors (Lipinski definition) is 5. The molecule has 2 N–H and O–H groups in total. The summed E-state index contributed by atoms with van der Waals surface area (Å²) in [6, 6.07) is 5.44. The average molecular weight is 322 g/mol. The Hall–Kier alpha value is -2.28. The van der Waals surface area contributed by atoms with Gasteiger partial charge in [-0.15, -0.1) is 0 Å². The van der Waals surface area contributed by atoms with E-state index in [-0.39, 0.29) is 18.4 Å². The van der Waals surface area contributed by atoms with Gasteiger partial charge in [0.1, 0.15) is 11.8 Å². The van der Waals surface area contributed by atoms with E-state index in [0.717, 1.165) is 5.56 Å². The van der Waals surface area contributed by atoms with Crippen LogP contribution in [-0.4, -0.2) is 61.0 Å². The number of ether oxygens (including phenoxy) is 2. The zero-order valence-electron chi connectivity index (χ0n) is 13.2. The highest BCUT2D eigenvalue weighted by atomic mass is 16.5. The number of hydrogen-bond donors (Lipinski definition) is 2. The Kier molecular flexibility index (Phi) is 6.22. The summed E-state index contributed by atoms with van der Waals surface area (Å²) in [6.07, 6.45) is 0.301. The highest BCUT2D eigenvalue weighted by molar-refractivity contribution is 5.84. The molecule has 7 nitrogen and oxygen atoms in total. The quantitative estimate of drug-likeness (QED) is 0.787. The Labute approximate surface area is 135 Å². The van der Waals surface area contributed by atoms with Crippen LogP contribution in [0.2, 0.25) is 0 Å². The highest BCUT2D eigenvalue weighted by Crippen LogP contribution is 2.12. The summed E-state index contributed by atoms with van der Waals surface area (Å²) >= 11 is 0. The molecule has 1 aliphatic heterocycles. The zero-order chi connectivity index (χ0) is 16.7. The molecule has 126 valence electrons. The Balaban J connectivity index is 2.02. The monoisotopic (exact) mass is 322 g/mol. The number of esters is 1. The molecule has 23 heavy (non-hydrogen) atoms. The molecule has 0 spiro atoms. The fraction of sp³-hybridized carbons (Fsp3) is 0.500. The molecule has 0 radical (unpaired) electrons. The van der Waals surface area contributed by atoms with Gasteiger partial charge in [0.15, 0.2) is 0 Å². The topological polar surface area (TPSA) is 88.1 Å². The maximum Gasteiger partial charge on any atom is 0.329 e. The van der Waals surface area contributed by atoms with Crippen LogP contribution in [0, 0.1) is 0 Å². The normalized spacial score (nSPS) is 15.8. The van der Waals surface area contributed by atoms with Gasteiger partial charge in [-0.05, 0) is 24.6 Å². The number of phenols is 1. The molecule has 2 amide bonds. The van der Waals surface area contributed by atoms with Crippen molar-refractivity contribution < 1.29 is 24.2 Å². The second-order valence-corrected chi connectivity index (χ2v) is 5.22. The number of benzene rings is 1. The van der Waals surface area contributed by atoms with Crippen molar-refractivity contribution in [3.8, 4) is 5.75 Å². The maximum absolute atomic E-state index is 12.3. The second kappa shape index (κ2) is 8.38. The van der Waals surface area contributed by atoms with Gasteiger partial charge >= 0.3 is 12.0 Å². The lowest BCUT2D eigenvalue weighted by atomic mass is 10.1. The van der Waals surface area contributed by atoms with E-state index in [2.05, 4.69) is 5.32 Å². The first-order chi connectivity index (χ1) is 11.1. The van der Waals surface area contributed by atoms with Gasteiger partial charge in [0.05, 0.1) is 19.8 Å². The Morgan fingerprint density at radius 2 is 1.96 bits per heavy atom. The number of carbonyl (C=O) groups is 2. The molecular weight excluding hydrogens is 300 g/mol. The lowest BCUT2D eigenvalue weighted by Crippen LogP contribution is -2.52. The second-order valence-electron chi connectivity index (χ2n) is 5.22. The lowest BCUT2D eigenvalue weighted by molar-refractivity contribution is -0.145. The van der Waals surface area contributed by atoms with Crippen LogP contribution in [0.4, 0.5) is 4.79 Å². The predicted octanol–water partition coefficient (Wildman–Crippen LogP) is 0.908. The first-order valence-corrected chi connectivity index (χ1v) is 7.68. The summed E-state index contributed by atoms with van der Waals surface area (Å²) in [6.45, 7) is 3.96. The third-order valence-corrected chi connectivity index (χ3v) is 3.54. The summed E-state index contributed by atoms with van der Waals surface area (Å²) in [5.41, 5.74) is 0.822. The molecule has 2 rings (SSSR count). The molecule has 1 unspecified atom stereocenters. The summed E-state index contributed by atoms with van der Waals surface area (Å²) in [7, 11) is 0. The molecule has 0 aromatic heterocycles. The van der Waals surface area contributed by atoms with E-state index in [1.807, 2.05) is 0 Å². The number of nitrogens with zero attached hydrogens (tertiary/aromatic N) is 1. The molecule has 1 aromatic rings. The molecule has 7 heteroatoms. The molecule has 0 bridgehead atoms. The van der Waals surface area contributed by atoms with Crippen LogP contribution in [0.1, 0.15) is 12.5 Å². The van der Waals surface area contributed by atoms with E-state index < -0.39 is 12.0 Å². The molecule has 1 heterocycles. The minimum Gasteiger partial charge on any atom is -0.508 e. The van der Waals surface area contributed by atoms with Crippen molar-refractivity contribution in [3.63, 3.8) is 0 Å². The highest BCUT2D eigenvalue weighted by Gasteiger charge is 2.26. The van der Waals surface area contributed by atoms with E-state index in [4.69, 9.17) is 9.47 Å². The van der Waals surface area contributed by atoms with E-state index in [9.17, 15) is 14.7 Å². The Morgan fingerprint density at radius 1 is 1.30 bits per heavy atom. The van der Waals surface area contributed by atoms with Gasteiger partial charge < -0.3 is 24.8 Å². The van der Waals surface area contributed by atoms with Crippen LogP contribution < -0.4 is 5.32 Å². The summed E-state index contributed by atoms with van der Waals surface area (Å²) in [4.78, 5) is 26.0. The van der Waals surface area contributed by atoms with Crippen molar-refractivity contribution >= 4 is 12.0 Å². The van der Waals surface area contributed by atoms with E-state index in [1.54, 1.807) is 36.1 Å². The third-order valence-electron chi connectivity index (χ3n) is 3.54. The first-order valence-electron chi connectivity index (χ1n) is 7.68. The van der Waals surface area contributed by atoms with Crippen LogP contribution in [0.25, 0.3) is 0 Å². The van der Waals surface area contributed by atoms with Gasteiger partial charge in [0.2, 0.25) is 0 Å². The van der Waals surface area contributed by atoms with Gasteiger partial charge in [0.25, 0.3) is 0 Å². The Morgan fingerprint density at radius 3 is 2.57 bits per heavy atom. The first kappa shape index (κ1) is 17.1. The number of aromatic hydroxyl groups is 1. The number of morpholine rings is 1. The molecule has 1 atom stereocenters. The van der Waals surface area contributed by atoms with Crippen molar-refractivity contribution in [2.24, 2.45) is 0 Å². The van der Waals surface area contributed by atoms with Crippen molar-refractivity contribution in [2.45, 2.75) is 19.4 Å². The van der Waals surface area contributed by atoms with Crippen LogP contribution in [0.5, 0.6) is 5.75 Å². The molecule has 0 saturated carbocycles. The standard InChI is InChI=1S/C16H22N2O5/c1-2-23-15(20)14(11-12-3-5-13(19)6-4-12)17-16(21)18-7-9-22-10-8-18/h3-6,14,19H,2,7-11H2,1H3,(H,17,21). The molecule has 1 aromatic carbocycles. The van der Waals surface area contributed by atoms with Gasteiger partial charge in [-0.25, -0.2) is 9.59 Å². The lowest BCUT2D eigenvalue weighted by Gasteiger charge is -2.28. The molecule has 1 saturated heterocycles. The van der Waals surface area contributed by atoms with Crippen molar-refractivity contribution in [2.75, 3.05) is 32.9 Å². The van der Waals surface area contributed by atoms with Crippen molar-refractivity contribution in [1.82, 2.24) is 10.2 Å². The summed E-state index contributed by atoms with van der Waals surface area (Å²) in [5.74, 6) is -0.319. The average Bonchev–Trinajstić information content (AvgIpc) is 2.57. The van der Waals surface area contributed by atoms with E-state index in [1.165, 1.54) is 0 Å². The van der Waals surface area contributed by atoms with Crippen molar-refractivity contribution in [3.05, 3.63) is 29.8 Å². The van der Waals surface area contributed by atoms with Gasteiger partial charge in [-0.3, -0.25) is 0 Å². The van der Waals surface area contributed by atoms with Crippen LogP contribution in [0.3, 0.4) is 0 Å². The largest absolute Gasteiger partial charge is 0.508 e. The Bertz CT molecular complexity index is 526. The summed E-state index contributed by atoms with van der Waals surface area (Å²) < 4.78 is 10.3.